The molecule has 0 spiro atoms. The molecule has 0 saturated heterocycles. The summed E-state index contributed by atoms with van der Waals surface area (Å²) in [6.45, 7) is 3.94. The van der Waals surface area contributed by atoms with Crippen LogP contribution < -0.4 is 19.8 Å². The highest BCUT2D eigenvalue weighted by Gasteiger charge is 2.44. The van der Waals surface area contributed by atoms with Crippen molar-refractivity contribution in [1.29, 1.82) is 0 Å². The molecule has 0 radical (unpaired) electrons. The van der Waals surface area contributed by atoms with E-state index < -0.39 is 23.2 Å². The minimum Gasteiger partial charge on any atom is -0.493 e. The molecule has 34 heavy (non-hydrogen) atoms. The summed E-state index contributed by atoms with van der Waals surface area (Å²) in [6, 6.07) is 13.8. The maximum absolute atomic E-state index is 14.0. The molecule has 0 saturated carbocycles. The zero-order valence-corrected chi connectivity index (χ0v) is 19.1. The van der Waals surface area contributed by atoms with Gasteiger partial charge in [-0.1, -0.05) is 12.1 Å². The summed E-state index contributed by atoms with van der Waals surface area (Å²) in [7, 11) is 3.05. The Morgan fingerprint density at radius 1 is 0.882 bits per heavy atom. The minimum absolute atomic E-state index is 0.0536. The van der Waals surface area contributed by atoms with E-state index in [0.717, 1.165) is 17.2 Å². The van der Waals surface area contributed by atoms with Crippen LogP contribution in [-0.2, 0) is 0 Å². The Morgan fingerprint density at radius 3 is 2.35 bits per heavy atom. The lowest BCUT2D eigenvalue weighted by molar-refractivity contribution is 0.0971. The van der Waals surface area contributed by atoms with Gasteiger partial charge in [0, 0.05) is 5.69 Å². The van der Waals surface area contributed by atoms with Gasteiger partial charge in [-0.15, -0.1) is 0 Å². The Hall–Kier alpha value is -4.13. The molecule has 1 unspecified atom stereocenters. The van der Waals surface area contributed by atoms with Crippen LogP contribution in [0.5, 0.6) is 11.5 Å². The van der Waals surface area contributed by atoms with E-state index in [-0.39, 0.29) is 22.3 Å². The van der Waals surface area contributed by atoms with Crippen molar-refractivity contribution in [2.24, 2.45) is 0 Å². The first kappa shape index (κ1) is 21.7. The normalized spacial score (nSPS) is 15.0. The maximum Gasteiger partial charge on any atom is 0.295 e. The molecule has 0 aliphatic carbocycles. The van der Waals surface area contributed by atoms with Crippen molar-refractivity contribution < 1.29 is 23.1 Å². The molecule has 1 amide bonds. The van der Waals surface area contributed by atoms with Gasteiger partial charge in [-0.25, -0.2) is 4.39 Å². The van der Waals surface area contributed by atoms with Gasteiger partial charge in [0.2, 0.25) is 5.76 Å². The average Bonchev–Trinajstić information content (AvgIpc) is 3.13. The second kappa shape index (κ2) is 8.02. The fourth-order valence-electron chi connectivity index (χ4n) is 4.43. The number of halogens is 1. The van der Waals surface area contributed by atoms with E-state index in [4.69, 9.17) is 13.9 Å². The molecule has 4 aromatic rings. The van der Waals surface area contributed by atoms with Gasteiger partial charge in [-0.2, -0.15) is 0 Å². The van der Waals surface area contributed by atoms with Crippen LogP contribution in [0.1, 0.15) is 38.9 Å². The van der Waals surface area contributed by atoms with Crippen molar-refractivity contribution in [3.63, 3.8) is 0 Å². The summed E-state index contributed by atoms with van der Waals surface area (Å²) in [4.78, 5) is 28.8. The molecule has 172 valence electrons. The minimum atomic E-state index is -0.798. The van der Waals surface area contributed by atoms with Crippen molar-refractivity contribution in [2.75, 3.05) is 19.1 Å². The molecule has 1 aliphatic rings. The van der Waals surface area contributed by atoms with Gasteiger partial charge in [-0.3, -0.25) is 14.5 Å². The summed E-state index contributed by atoms with van der Waals surface area (Å²) >= 11 is 0. The number of nitrogens with zero attached hydrogens (tertiary/aromatic N) is 1. The third kappa shape index (κ3) is 3.23. The SMILES string of the molecule is COc1ccc(C2c3c(oc4ccc(F)cc4c3=O)C(=O)N2c2ccc(C)c(C)c2)cc1OC. The number of rotatable bonds is 4. The maximum atomic E-state index is 14.0. The van der Waals surface area contributed by atoms with E-state index in [2.05, 4.69) is 0 Å². The molecule has 0 fully saturated rings. The van der Waals surface area contributed by atoms with E-state index >= 15 is 0 Å². The Labute approximate surface area is 195 Å². The molecule has 0 N–H and O–H groups in total. The predicted octanol–water partition coefficient (Wildman–Crippen LogP) is 5.32. The van der Waals surface area contributed by atoms with E-state index in [1.165, 1.54) is 26.4 Å². The number of benzene rings is 3. The molecule has 3 aromatic carbocycles. The van der Waals surface area contributed by atoms with Crippen LogP contribution in [0.2, 0.25) is 0 Å². The predicted molar refractivity (Wildman–Crippen MR) is 127 cm³/mol. The van der Waals surface area contributed by atoms with Crippen molar-refractivity contribution in [3.05, 3.63) is 98.7 Å². The fourth-order valence-corrected chi connectivity index (χ4v) is 4.43. The monoisotopic (exact) mass is 459 g/mol. The van der Waals surface area contributed by atoms with Crippen molar-refractivity contribution in [1.82, 2.24) is 0 Å². The van der Waals surface area contributed by atoms with Crippen LogP contribution in [0.4, 0.5) is 10.1 Å². The first-order chi connectivity index (χ1) is 16.3. The van der Waals surface area contributed by atoms with Crippen molar-refractivity contribution >= 4 is 22.6 Å². The standard InChI is InChI=1S/C27H22FNO5/c1-14-5-8-18(11-15(14)2)29-24(16-6-9-21(32-3)22(12-16)33-4)23-25(30)19-13-17(28)7-10-20(19)34-26(23)27(29)31/h5-13,24H,1-4H3. The number of hydrogen-bond acceptors (Lipinski definition) is 5. The number of ether oxygens (including phenoxy) is 2. The number of aryl methyl sites for hydroxylation is 2. The zero-order chi connectivity index (χ0) is 24.1. The molecule has 2 heterocycles. The molecule has 7 heteroatoms. The van der Waals surface area contributed by atoms with Crippen molar-refractivity contribution in [2.45, 2.75) is 19.9 Å². The Morgan fingerprint density at radius 2 is 1.65 bits per heavy atom. The van der Waals surface area contributed by atoms with Crippen LogP contribution in [0, 0.1) is 19.7 Å². The number of amides is 1. The van der Waals surface area contributed by atoms with Gasteiger partial charge in [0.05, 0.1) is 31.2 Å². The highest BCUT2D eigenvalue weighted by Crippen LogP contribution is 2.43. The third-order valence-electron chi connectivity index (χ3n) is 6.32. The summed E-state index contributed by atoms with van der Waals surface area (Å²) in [5.41, 5.74) is 3.19. The fraction of sp³-hybridized carbons (Fsp3) is 0.185. The average molecular weight is 459 g/mol. The zero-order valence-electron chi connectivity index (χ0n) is 19.1. The van der Waals surface area contributed by atoms with Gasteiger partial charge in [-0.05, 0) is 73.0 Å². The van der Waals surface area contributed by atoms with Gasteiger partial charge in [0.15, 0.2) is 16.9 Å². The highest BCUT2D eigenvalue weighted by molar-refractivity contribution is 6.10. The van der Waals surface area contributed by atoms with Crippen LogP contribution in [-0.4, -0.2) is 20.1 Å². The Kier molecular flexibility index (Phi) is 5.12. The second-order valence-corrected chi connectivity index (χ2v) is 8.28. The molecule has 0 bridgehead atoms. The molecule has 6 nitrogen and oxygen atoms in total. The molecular weight excluding hydrogens is 437 g/mol. The van der Waals surface area contributed by atoms with Crippen LogP contribution in [0.25, 0.3) is 11.0 Å². The van der Waals surface area contributed by atoms with Gasteiger partial charge in [0.1, 0.15) is 11.4 Å². The first-order valence-corrected chi connectivity index (χ1v) is 10.7. The quantitative estimate of drug-likeness (QED) is 0.413. The molecular formula is C27H22FNO5. The van der Waals surface area contributed by atoms with Crippen molar-refractivity contribution in [3.8, 4) is 11.5 Å². The van der Waals surface area contributed by atoms with Gasteiger partial charge in [0.25, 0.3) is 5.91 Å². The number of anilines is 1. The summed E-state index contributed by atoms with van der Waals surface area (Å²) in [5.74, 6) is -0.0838. The summed E-state index contributed by atoms with van der Waals surface area (Å²) in [5, 5.41) is 0.0824. The lowest BCUT2D eigenvalue weighted by atomic mass is 9.97. The molecule has 1 aliphatic heterocycles. The highest BCUT2D eigenvalue weighted by atomic mass is 19.1. The van der Waals surface area contributed by atoms with Crippen LogP contribution >= 0.6 is 0 Å². The molecule has 5 rings (SSSR count). The Bertz CT molecular complexity index is 1520. The van der Waals surface area contributed by atoms with E-state index in [1.807, 2.05) is 32.0 Å². The lowest BCUT2D eigenvalue weighted by Crippen LogP contribution is -2.29. The lowest BCUT2D eigenvalue weighted by Gasteiger charge is -2.26. The smallest absolute Gasteiger partial charge is 0.295 e. The molecule has 1 aromatic heterocycles. The Balaban J connectivity index is 1.82. The van der Waals surface area contributed by atoms with E-state index in [9.17, 15) is 14.0 Å². The van der Waals surface area contributed by atoms with Crippen LogP contribution in [0.15, 0.2) is 63.8 Å². The third-order valence-corrected chi connectivity index (χ3v) is 6.32. The van der Waals surface area contributed by atoms with Gasteiger partial charge < -0.3 is 13.9 Å². The van der Waals surface area contributed by atoms with Gasteiger partial charge >= 0.3 is 0 Å². The topological polar surface area (TPSA) is 69.0 Å². The molecule has 1 atom stereocenters. The largest absolute Gasteiger partial charge is 0.493 e. The number of fused-ring (bicyclic) bond motifs is 2. The van der Waals surface area contributed by atoms with Crippen LogP contribution in [0.3, 0.4) is 0 Å². The number of hydrogen-bond donors (Lipinski definition) is 0. The number of carbonyl (C=O) groups is 1. The van der Waals surface area contributed by atoms with E-state index in [0.29, 0.717) is 22.7 Å². The number of methoxy groups -OCH3 is 2. The second-order valence-electron chi connectivity index (χ2n) is 8.28. The van der Waals surface area contributed by atoms with E-state index in [1.54, 1.807) is 23.1 Å². The summed E-state index contributed by atoms with van der Waals surface area (Å²) < 4.78 is 30.7. The number of carbonyl (C=O) groups excluding carboxylic acids is 1. The first-order valence-electron chi connectivity index (χ1n) is 10.7. The summed E-state index contributed by atoms with van der Waals surface area (Å²) in [6.07, 6.45) is 0.